The van der Waals surface area contributed by atoms with Gasteiger partial charge in [0, 0.05) is 18.8 Å². The predicted octanol–water partition coefficient (Wildman–Crippen LogP) is 2.27. The van der Waals surface area contributed by atoms with Crippen LogP contribution in [-0.4, -0.2) is 36.5 Å². The Balaban J connectivity index is 2.30. The van der Waals surface area contributed by atoms with Crippen molar-refractivity contribution in [2.24, 2.45) is 0 Å². The van der Waals surface area contributed by atoms with Crippen molar-refractivity contribution in [3.05, 3.63) is 45.1 Å². The average molecular weight is 398 g/mol. The normalized spacial score (nSPS) is 10.3. The number of aromatic nitrogens is 1. The lowest BCUT2D eigenvalue weighted by atomic mass is 10.1. The Morgan fingerprint density at radius 1 is 1.27 bits per heavy atom. The molecular weight excluding hydrogens is 382 g/mol. The predicted molar refractivity (Wildman–Crippen MR) is 96.4 cm³/mol. The first-order valence-electron chi connectivity index (χ1n) is 7.48. The number of carbonyl (C=O) groups excluding carboxylic acids is 3. The molecule has 26 heavy (non-hydrogen) atoms. The van der Waals surface area contributed by atoms with Crippen molar-refractivity contribution >= 4 is 45.8 Å². The number of carbonyl (C=O) groups is 3. The Labute approximate surface area is 158 Å². The molecule has 10 heteroatoms. The van der Waals surface area contributed by atoms with Crippen LogP contribution in [0.5, 0.6) is 0 Å². The zero-order valence-electron chi connectivity index (χ0n) is 14.0. The number of pyridine rings is 1. The van der Waals surface area contributed by atoms with Gasteiger partial charge in [0.2, 0.25) is 0 Å². The van der Waals surface area contributed by atoms with Crippen molar-refractivity contribution in [3.63, 3.8) is 0 Å². The van der Waals surface area contributed by atoms with Gasteiger partial charge in [0.15, 0.2) is 0 Å². The molecule has 8 nitrogen and oxygen atoms in total. The minimum absolute atomic E-state index is 0.0254. The molecule has 1 amide bonds. The monoisotopic (exact) mass is 397 g/mol. The summed E-state index contributed by atoms with van der Waals surface area (Å²) >= 11 is 6.60. The van der Waals surface area contributed by atoms with Gasteiger partial charge in [-0.3, -0.25) is 4.79 Å². The van der Waals surface area contributed by atoms with E-state index in [-0.39, 0.29) is 44.9 Å². The minimum Gasteiger partial charge on any atom is -0.462 e. The number of nitrogens with two attached hydrogens (primary N) is 1. The van der Waals surface area contributed by atoms with Crippen LogP contribution in [0.3, 0.4) is 0 Å². The first kappa shape index (κ1) is 19.7. The smallest absolute Gasteiger partial charge is 0.341 e. The molecule has 0 atom stereocenters. The number of esters is 2. The second kappa shape index (κ2) is 8.63. The number of rotatable bonds is 6. The molecule has 0 bridgehead atoms. The van der Waals surface area contributed by atoms with Crippen molar-refractivity contribution in [2.45, 2.75) is 13.5 Å². The number of halogens is 1. The van der Waals surface area contributed by atoms with Gasteiger partial charge in [-0.25, -0.2) is 14.6 Å². The van der Waals surface area contributed by atoms with E-state index >= 15 is 0 Å². The van der Waals surface area contributed by atoms with Crippen molar-refractivity contribution < 1.29 is 23.9 Å². The summed E-state index contributed by atoms with van der Waals surface area (Å²) in [6, 6.07) is 2.90. The van der Waals surface area contributed by atoms with E-state index in [2.05, 4.69) is 10.3 Å². The standard InChI is InChI=1S/C16H16ClN3O5S/c1-3-24-16(23)11-9(12(14(21)19-2)26-13(11)18)7-25-15(22)8-4-5-10(17)20-6-8/h4-6H,3,7,18H2,1-2H3,(H,19,21). The van der Waals surface area contributed by atoms with Gasteiger partial charge in [-0.2, -0.15) is 0 Å². The number of thiophene rings is 1. The lowest BCUT2D eigenvalue weighted by Gasteiger charge is -2.09. The summed E-state index contributed by atoms with van der Waals surface area (Å²) in [7, 11) is 1.44. The van der Waals surface area contributed by atoms with Gasteiger partial charge in [0.05, 0.1) is 12.2 Å². The topological polar surface area (TPSA) is 121 Å². The molecule has 2 aromatic rings. The highest BCUT2D eigenvalue weighted by Crippen LogP contribution is 2.32. The fraction of sp³-hybridized carbons (Fsp3) is 0.250. The molecule has 3 N–H and O–H groups in total. The summed E-state index contributed by atoms with van der Waals surface area (Å²) < 4.78 is 10.2. The summed E-state index contributed by atoms with van der Waals surface area (Å²) in [5.41, 5.74) is 6.27. The van der Waals surface area contributed by atoms with Crippen LogP contribution in [0.4, 0.5) is 5.00 Å². The Hall–Kier alpha value is -2.65. The van der Waals surface area contributed by atoms with Gasteiger partial charge in [-0.05, 0) is 19.1 Å². The molecule has 138 valence electrons. The van der Waals surface area contributed by atoms with E-state index < -0.39 is 17.8 Å². The van der Waals surface area contributed by atoms with E-state index in [9.17, 15) is 14.4 Å². The van der Waals surface area contributed by atoms with Gasteiger partial charge >= 0.3 is 11.9 Å². The van der Waals surface area contributed by atoms with Crippen LogP contribution in [0.2, 0.25) is 5.15 Å². The van der Waals surface area contributed by atoms with Crippen LogP contribution in [0.25, 0.3) is 0 Å². The molecule has 0 fully saturated rings. The van der Waals surface area contributed by atoms with Crippen molar-refractivity contribution in [2.75, 3.05) is 19.4 Å². The summed E-state index contributed by atoms with van der Waals surface area (Å²) in [6.45, 7) is 1.46. The largest absolute Gasteiger partial charge is 0.462 e. The van der Waals surface area contributed by atoms with Crippen LogP contribution >= 0.6 is 22.9 Å². The van der Waals surface area contributed by atoms with Crippen LogP contribution in [0.1, 0.15) is 42.9 Å². The molecule has 2 heterocycles. The number of nitrogens with zero attached hydrogens (tertiary/aromatic N) is 1. The summed E-state index contributed by atoms with van der Waals surface area (Å²) in [5.74, 6) is -1.82. The second-order valence-electron chi connectivity index (χ2n) is 4.89. The van der Waals surface area contributed by atoms with Crippen LogP contribution in [-0.2, 0) is 16.1 Å². The van der Waals surface area contributed by atoms with E-state index in [0.717, 1.165) is 11.3 Å². The highest BCUT2D eigenvalue weighted by atomic mass is 35.5. The zero-order chi connectivity index (χ0) is 19.3. The fourth-order valence-corrected chi connectivity index (χ4v) is 3.18. The maximum Gasteiger partial charge on any atom is 0.341 e. The fourth-order valence-electron chi connectivity index (χ4n) is 2.06. The molecule has 0 spiro atoms. The van der Waals surface area contributed by atoms with Gasteiger partial charge in [0.25, 0.3) is 5.91 Å². The molecular formula is C16H16ClN3O5S. The Morgan fingerprint density at radius 2 is 2.00 bits per heavy atom. The quantitative estimate of drug-likeness (QED) is 0.566. The van der Waals surface area contributed by atoms with E-state index in [4.69, 9.17) is 26.8 Å². The van der Waals surface area contributed by atoms with Crippen molar-refractivity contribution in [1.29, 1.82) is 0 Å². The molecule has 0 aliphatic rings. The molecule has 0 aromatic carbocycles. The minimum atomic E-state index is -0.685. The molecule has 2 aromatic heterocycles. The molecule has 2 rings (SSSR count). The second-order valence-corrected chi connectivity index (χ2v) is 6.33. The summed E-state index contributed by atoms with van der Waals surface area (Å²) in [5, 5.41) is 2.80. The Kier molecular flexibility index (Phi) is 6.53. The van der Waals surface area contributed by atoms with Crippen LogP contribution in [0, 0.1) is 0 Å². The number of hydrogen-bond donors (Lipinski definition) is 2. The lowest BCUT2D eigenvalue weighted by Crippen LogP contribution is -2.19. The van der Waals surface area contributed by atoms with Gasteiger partial charge < -0.3 is 20.5 Å². The molecule has 0 aliphatic carbocycles. The van der Waals surface area contributed by atoms with E-state index in [0.29, 0.717) is 0 Å². The molecule has 0 saturated heterocycles. The summed E-state index contributed by atoms with van der Waals surface area (Å²) in [4.78, 5) is 40.3. The molecule has 0 aliphatic heterocycles. The first-order chi connectivity index (χ1) is 12.4. The first-order valence-corrected chi connectivity index (χ1v) is 8.67. The molecule has 0 unspecified atom stereocenters. The third-order valence-electron chi connectivity index (χ3n) is 3.26. The van der Waals surface area contributed by atoms with E-state index in [1.54, 1.807) is 6.92 Å². The van der Waals surface area contributed by atoms with Crippen molar-refractivity contribution in [1.82, 2.24) is 10.3 Å². The maximum atomic E-state index is 12.2. The number of hydrogen-bond acceptors (Lipinski definition) is 8. The van der Waals surface area contributed by atoms with Gasteiger partial charge in [-0.15, -0.1) is 11.3 Å². The third-order valence-corrected chi connectivity index (χ3v) is 4.54. The van der Waals surface area contributed by atoms with E-state index in [1.807, 2.05) is 0 Å². The van der Waals surface area contributed by atoms with Gasteiger partial charge in [-0.1, -0.05) is 11.6 Å². The number of ether oxygens (including phenoxy) is 2. The SMILES string of the molecule is CCOC(=O)c1c(N)sc(C(=O)NC)c1COC(=O)c1ccc(Cl)nc1. The Morgan fingerprint density at radius 3 is 2.58 bits per heavy atom. The highest BCUT2D eigenvalue weighted by Gasteiger charge is 2.27. The van der Waals surface area contributed by atoms with E-state index in [1.165, 1.54) is 25.4 Å². The summed E-state index contributed by atoms with van der Waals surface area (Å²) in [6.07, 6.45) is 1.26. The van der Waals surface area contributed by atoms with Crippen LogP contribution in [0.15, 0.2) is 18.3 Å². The Bertz CT molecular complexity index is 835. The van der Waals surface area contributed by atoms with Gasteiger partial charge in [0.1, 0.15) is 27.2 Å². The third kappa shape index (κ3) is 4.30. The zero-order valence-corrected chi connectivity index (χ0v) is 15.6. The number of nitrogens with one attached hydrogen (secondary N) is 1. The average Bonchev–Trinajstić information content (AvgIpc) is 2.96. The number of amides is 1. The lowest BCUT2D eigenvalue weighted by molar-refractivity contribution is 0.0449. The van der Waals surface area contributed by atoms with Crippen LogP contribution < -0.4 is 11.1 Å². The van der Waals surface area contributed by atoms with Crippen molar-refractivity contribution in [3.8, 4) is 0 Å². The number of nitrogen functional groups attached to an aromatic ring is 1. The molecule has 0 radical (unpaired) electrons. The maximum absolute atomic E-state index is 12.2. The number of anilines is 1. The highest BCUT2D eigenvalue weighted by molar-refractivity contribution is 7.18. The molecule has 0 saturated carbocycles.